The smallest absolute Gasteiger partial charge is 0.239 e. The first-order chi connectivity index (χ1) is 28.7. The van der Waals surface area contributed by atoms with Crippen LogP contribution in [0.15, 0.2) is 91.1 Å². The molecular formula is C47H66FN5O6S. The highest BCUT2D eigenvalue weighted by molar-refractivity contribution is 7.92. The summed E-state index contributed by atoms with van der Waals surface area (Å²) >= 11 is 0. The fraction of sp³-hybridized carbons (Fsp3) is 0.489. The highest BCUT2D eigenvalue weighted by atomic mass is 32.2. The van der Waals surface area contributed by atoms with Crippen molar-refractivity contribution in [3.05, 3.63) is 108 Å². The van der Waals surface area contributed by atoms with Crippen LogP contribution in [0.2, 0.25) is 0 Å². The van der Waals surface area contributed by atoms with E-state index in [0.29, 0.717) is 54.9 Å². The van der Waals surface area contributed by atoms with E-state index in [4.69, 9.17) is 0 Å². The lowest BCUT2D eigenvalue weighted by Gasteiger charge is -2.32. The number of amides is 2. The fourth-order valence-corrected chi connectivity index (χ4v) is 6.89. The number of anilines is 1. The maximum Gasteiger partial charge on any atom is 0.239 e. The van der Waals surface area contributed by atoms with Gasteiger partial charge in [0, 0.05) is 50.1 Å². The molecule has 11 nitrogen and oxygen atoms in total. The van der Waals surface area contributed by atoms with Crippen molar-refractivity contribution >= 4 is 33.9 Å². The van der Waals surface area contributed by atoms with Crippen LogP contribution in [0.5, 0.6) is 0 Å². The molecule has 1 aromatic heterocycles. The molecule has 0 spiro atoms. The van der Waals surface area contributed by atoms with Gasteiger partial charge in [-0.2, -0.15) is 0 Å². The molecule has 1 aliphatic heterocycles. The van der Waals surface area contributed by atoms with Gasteiger partial charge in [-0.3, -0.25) is 9.59 Å². The third kappa shape index (κ3) is 18.3. The van der Waals surface area contributed by atoms with Crippen LogP contribution >= 0.6 is 0 Å². The summed E-state index contributed by atoms with van der Waals surface area (Å²) in [5.41, 5.74) is 1.87. The van der Waals surface area contributed by atoms with E-state index < -0.39 is 28.0 Å². The molecule has 60 heavy (non-hydrogen) atoms. The van der Waals surface area contributed by atoms with Crippen molar-refractivity contribution in [3.8, 4) is 11.3 Å². The number of likely N-dealkylation sites (tertiary alicyclic amines) is 1. The van der Waals surface area contributed by atoms with Crippen molar-refractivity contribution in [1.82, 2.24) is 20.2 Å². The molecule has 13 heteroatoms. The Kier molecular flexibility index (Phi) is 21.9. The predicted molar refractivity (Wildman–Crippen MR) is 241 cm³/mol. The molecule has 1 aliphatic rings. The average Bonchev–Trinajstić information content (AvgIpc) is 3.20. The van der Waals surface area contributed by atoms with E-state index in [-0.39, 0.29) is 42.6 Å². The zero-order valence-corrected chi connectivity index (χ0v) is 36.9. The number of carbonyl (C=O) groups excluding carboxylic acids is 2. The van der Waals surface area contributed by atoms with Crippen LogP contribution in [0.3, 0.4) is 0 Å². The molecule has 2 atom stereocenters. The lowest BCUT2D eigenvalue weighted by Crippen LogP contribution is -2.47. The minimum Gasteiger partial charge on any atom is -0.392 e. The van der Waals surface area contributed by atoms with Gasteiger partial charge < -0.3 is 20.4 Å². The van der Waals surface area contributed by atoms with Crippen LogP contribution in [0, 0.1) is 5.82 Å². The van der Waals surface area contributed by atoms with E-state index in [9.17, 15) is 32.6 Å². The van der Waals surface area contributed by atoms with Crippen molar-refractivity contribution in [3.63, 3.8) is 0 Å². The quantitative estimate of drug-likeness (QED) is 0.0705. The molecule has 2 amide bonds. The summed E-state index contributed by atoms with van der Waals surface area (Å²) in [7, 11) is -2.34. The number of allylic oxidation sites excluding steroid dienone is 10. The highest BCUT2D eigenvalue weighted by Gasteiger charge is 2.25. The minimum absolute atomic E-state index is 0.0509. The second-order valence-electron chi connectivity index (χ2n) is 15.4. The Morgan fingerprint density at radius 2 is 1.48 bits per heavy atom. The van der Waals surface area contributed by atoms with Crippen LogP contribution in [-0.2, 0) is 19.6 Å². The number of halogens is 1. The average molecular weight is 848 g/mol. The van der Waals surface area contributed by atoms with Crippen molar-refractivity contribution in [1.29, 1.82) is 0 Å². The number of hydrogen-bond donors (Lipinski definition) is 3. The first kappa shape index (κ1) is 49.6. The Labute approximate surface area is 357 Å². The van der Waals surface area contributed by atoms with Crippen molar-refractivity contribution in [2.75, 3.05) is 30.7 Å². The number of aliphatic hydroxyl groups excluding tert-OH is 2. The van der Waals surface area contributed by atoms with E-state index in [1.54, 1.807) is 6.08 Å². The van der Waals surface area contributed by atoms with E-state index in [2.05, 4.69) is 83.0 Å². The molecule has 328 valence electrons. The van der Waals surface area contributed by atoms with Crippen LogP contribution in [-0.4, -0.2) is 90.0 Å². The van der Waals surface area contributed by atoms with Crippen molar-refractivity contribution in [2.45, 2.75) is 122 Å². The Morgan fingerprint density at radius 3 is 2.03 bits per heavy atom. The molecule has 2 aromatic rings. The van der Waals surface area contributed by atoms with Gasteiger partial charge in [-0.25, -0.2) is 27.1 Å². The monoisotopic (exact) mass is 847 g/mol. The van der Waals surface area contributed by atoms with Gasteiger partial charge in [0.1, 0.15) is 5.82 Å². The molecule has 3 N–H and O–H groups in total. The maximum atomic E-state index is 13.8. The van der Waals surface area contributed by atoms with Crippen molar-refractivity contribution < 1.29 is 32.6 Å². The highest BCUT2D eigenvalue weighted by Crippen LogP contribution is 2.32. The van der Waals surface area contributed by atoms with Crippen LogP contribution in [0.25, 0.3) is 17.3 Å². The van der Waals surface area contributed by atoms with Gasteiger partial charge in [-0.05, 0) is 88.0 Å². The fourth-order valence-electron chi connectivity index (χ4n) is 6.52. The SMILES string of the molecule is CCC=CCC=CCC=CCC=CCC=CCCCC(=O)N1CCC(NC(=O)CC(O)CC(O)C=Cc2c(-c3ccc(F)cc3)nc(N(C)S(C)(=O)=O)nc2C(C)C)CC1. The summed E-state index contributed by atoms with van der Waals surface area (Å²) in [5.74, 6) is -0.894. The van der Waals surface area contributed by atoms with E-state index in [0.717, 1.165) is 55.5 Å². The number of hydrogen-bond acceptors (Lipinski definition) is 8. The van der Waals surface area contributed by atoms with Crippen LogP contribution in [0.4, 0.5) is 10.3 Å². The summed E-state index contributed by atoms with van der Waals surface area (Å²) in [4.78, 5) is 36.5. The van der Waals surface area contributed by atoms with E-state index in [1.807, 2.05) is 18.7 Å². The van der Waals surface area contributed by atoms with Gasteiger partial charge in [0.15, 0.2) is 0 Å². The largest absolute Gasteiger partial charge is 0.392 e. The van der Waals surface area contributed by atoms with Gasteiger partial charge in [0.2, 0.25) is 27.8 Å². The molecule has 1 aromatic carbocycles. The van der Waals surface area contributed by atoms with Gasteiger partial charge in [-0.15, -0.1) is 0 Å². The molecule has 1 saturated heterocycles. The number of nitrogens with one attached hydrogen (secondary N) is 1. The number of carbonyl (C=O) groups is 2. The second-order valence-corrected chi connectivity index (χ2v) is 17.4. The van der Waals surface area contributed by atoms with Crippen LogP contribution < -0.4 is 9.62 Å². The summed E-state index contributed by atoms with van der Waals surface area (Å²) in [6, 6.07) is 5.49. The van der Waals surface area contributed by atoms with Gasteiger partial charge in [0.05, 0.1) is 36.3 Å². The summed E-state index contributed by atoms with van der Waals surface area (Å²) in [6.45, 7) is 7.02. The first-order valence-electron chi connectivity index (χ1n) is 21.2. The second kappa shape index (κ2) is 26.5. The zero-order valence-electron chi connectivity index (χ0n) is 36.0. The molecule has 3 rings (SSSR count). The molecule has 0 saturated carbocycles. The molecule has 0 bridgehead atoms. The lowest BCUT2D eigenvalue weighted by molar-refractivity contribution is -0.132. The number of nitrogens with zero attached hydrogens (tertiary/aromatic N) is 4. The summed E-state index contributed by atoms with van der Waals surface area (Å²) in [6.07, 6.45) is 31.4. The number of rotatable bonds is 24. The normalized spacial score (nSPS) is 15.5. The minimum atomic E-state index is -3.69. The molecule has 2 heterocycles. The topological polar surface area (TPSA) is 153 Å². The zero-order chi connectivity index (χ0) is 43.9. The van der Waals surface area contributed by atoms with Crippen molar-refractivity contribution in [2.24, 2.45) is 0 Å². The number of aliphatic hydroxyl groups is 2. The lowest BCUT2D eigenvalue weighted by atomic mass is 9.97. The Balaban J connectivity index is 1.40. The molecule has 1 fully saturated rings. The number of piperidine rings is 1. The van der Waals surface area contributed by atoms with Crippen LogP contribution in [0.1, 0.15) is 115 Å². The standard InChI is InChI=1S/C47H66FN5O6S/c1-6-7-8-9-10-11-12-13-14-15-16-17-18-19-20-21-22-23-44(57)53-32-30-39(31-33-53)49-43(56)35-41(55)34-40(54)28-29-42-45(36(2)3)50-47(52(4)60(5,58)59)51-46(42)37-24-26-38(48)27-25-37/h7-8,10-11,13-14,16-17,19-20,24-29,36,39-41,54-55H,6,9,12,15,18,21-23,30-35H2,1-5H3,(H,49,56). The number of benzene rings is 1. The Bertz CT molecular complexity index is 1930. The Hall–Kier alpha value is -4.72. The predicted octanol–water partition coefficient (Wildman–Crippen LogP) is 8.35. The summed E-state index contributed by atoms with van der Waals surface area (Å²) < 4.78 is 39.4. The summed E-state index contributed by atoms with van der Waals surface area (Å²) in [5, 5.41) is 24.5. The Morgan fingerprint density at radius 1 is 0.917 bits per heavy atom. The van der Waals surface area contributed by atoms with E-state index in [1.165, 1.54) is 37.4 Å². The van der Waals surface area contributed by atoms with Gasteiger partial charge in [0.25, 0.3) is 0 Å². The van der Waals surface area contributed by atoms with Gasteiger partial charge in [-0.1, -0.05) is 93.7 Å². The maximum absolute atomic E-state index is 13.8. The molecular weight excluding hydrogens is 782 g/mol. The number of unbranched alkanes of at least 4 members (excludes halogenated alkanes) is 1. The number of aromatic nitrogens is 2. The molecule has 0 radical (unpaired) electrons. The molecule has 0 aliphatic carbocycles. The van der Waals surface area contributed by atoms with Gasteiger partial charge >= 0.3 is 0 Å². The molecule has 2 unspecified atom stereocenters. The number of sulfonamides is 1. The third-order valence-corrected chi connectivity index (χ3v) is 11.1. The first-order valence-corrected chi connectivity index (χ1v) is 23.0. The third-order valence-electron chi connectivity index (χ3n) is 9.96. The van der Waals surface area contributed by atoms with E-state index >= 15 is 0 Å².